The lowest BCUT2D eigenvalue weighted by atomic mass is 9.76. The highest BCUT2D eigenvalue weighted by atomic mass is 79.9. The standard InChI is InChI=1S/C13H15BrN4/c14-11-3-1-2-9(4-11)10-5-12(6-10)15-7-13-16-8-17-18-13/h1-4,8,10,12,15H,5-7H2,(H,16,17,18). The highest BCUT2D eigenvalue weighted by Gasteiger charge is 2.29. The predicted octanol–water partition coefficient (Wildman–Crippen LogP) is 2.60. The van der Waals surface area contributed by atoms with Gasteiger partial charge >= 0.3 is 0 Å². The fourth-order valence-corrected chi connectivity index (χ4v) is 2.79. The van der Waals surface area contributed by atoms with Crippen LogP contribution in [0.1, 0.15) is 30.1 Å². The van der Waals surface area contributed by atoms with Gasteiger partial charge < -0.3 is 5.32 Å². The van der Waals surface area contributed by atoms with Crippen LogP contribution in [0.2, 0.25) is 0 Å². The molecule has 1 saturated carbocycles. The molecule has 3 rings (SSSR count). The Hall–Kier alpha value is -1.20. The second-order valence-corrected chi connectivity index (χ2v) is 5.65. The third kappa shape index (κ3) is 2.62. The number of benzene rings is 1. The Morgan fingerprint density at radius 3 is 3.00 bits per heavy atom. The minimum atomic E-state index is 0.596. The van der Waals surface area contributed by atoms with Gasteiger partial charge in [0.05, 0.1) is 6.54 Å². The van der Waals surface area contributed by atoms with E-state index >= 15 is 0 Å². The molecule has 2 N–H and O–H groups in total. The summed E-state index contributed by atoms with van der Waals surface area (Å²) >= 11 is 3.52. The van der Waals surface area contributed by atoms with Crippen molar-refractivity contribution in [2.45, 2.75) is 31.3 Å². The third-order valence-electron chi connectivity index (χ3n) is 3.48. The normalized spacial score (nSPS) is 22.7. The van der Waals surface area contributed by atoms with E-state index in [0.717, 1.165) is 16.8 Å². The maximum Gasteiger partial charge on any atom is 0.138 e. The SMILES string of the molecule is Brc1cccc(C2CC(NCc3ncn[nH]3)C2)c1. The van der Waals surface area contributed by atoms with Crippen molar-refractivity contribution in [3.05, 3.63) is 46.5 Å². The molecule has 18 heavy (non-hydrogen) atoms. The van der Waals surface area contributed by atoms with E-state index in [-0.39, 0.29) is 0 Å². The summed E-state index contributed by atoms with van der Waals surface area (Å²) < 4.78 is 1.16. The van der Waals surface area contributed by atoms with Gasteiger partial charge in [0.25, 0.3) is 0 Å². The molecule has 1 aromatic heterocycles. The number of aromatic nitrogens is 3. The minimum absolute atomic E-state index is 0.596. The van der Waals surface area contributed by atoms with Gasteiger partial charge in [0, 0.05) is 10.5 Å². The number of nitrogens with one attached hydrogen (secondary N) is 2. The smallest absolute Gasteiger partial charge is 0.138 e. The van der Waals surface area contributed by atoms with Gasteiger partial charge in [-0.1, -0.05) is 28.1 Å². The summed E-state index contributed by atoms with van der Waals surface area (Å²) in [6.45, 7) is 0.774. The molecular formula is C13H15BrN4. The second kappa shape index (κ2) is 5.20. The molecule has 2 aromatic rings. The quantitative estimate of drug-likeness (QED) is 0.913. The van der Waals surface area contributed by atoms with Crippen molar-refractivity contribution in [3.63, 3.8) is 0 Å². The largest absolute Gasteiger partial charge is 0.307 e. The molecule has 1 fully saturated rings. The van der Waals surface area contributed by atoms with E-state index in [2.05, 4.69) is 60.7 Å². The summed E-state index contributed by atoms with van der Waals surface area (Å²) in [5, 5.41) is 10.2. The van der Waals surface area contributed by atoms with E-state index in [9.17, 15) is 0 Å². The van der Waals surface area contributed by atoms with Crippen molar-refractivity contribution >= 4 is 15.9 Å². The average Bonchev–Trinajstić information content (AvgIpc) is 2.80. The molecular weight excluding hydrogens is 292 g/mol. The number of hydrogen-bond donors (Lipinski definition) is 2. The Morgan fingerprint density at radius 1 is 1.39 bits per heavy atom. The van der Waals surface area contributed by atoms with Crippen LogP contribution in [-0.2, 0) is 6.54 Å². The van der Waals surface area contributed by atoms with E-state index in [1.807, 2.05) is 0 Å². The summed E-state index contributed by atoms with van der Waals surface area (Å²) in [4.78, 5) is 4.10. The summed E-state index contributed by atoms with van der Waals surface area (Å²) in [5.41, 5.74) is 1.43. The van der Waals surface area contributed by atoms with Gasteiger partial charge in [0.1, 0.15) is 12.2 Å². The predicted molar refractivity (Wildman–Crippen MR) is 73.1 cm³/mol. The Morgan fingerprint density at radius 2 is 2.28 bits per heavy atom. The van der Waals surface area contributed by atoms with Crippen LogP contribution >= 0.6 is 15.9 Å². The fraction of sp³-hybridized carbons (Fsp3) is 0.385. The van der Waals surface area contributed by atoms with E-state index in [1.165, 1.54) is 18.4 Å². The zero-order valence-corrected chi connectivity index (χ0v) is 11.5. The summed E-state index contributed by atoms with van der Waals surface area (Å²) in [6.07, 6.45) is 3.94. The van der Waals surface area contributed by atoms with Crippen molar-refractivity contribution in [3.8, 4) is 0 Å². The van der Waals surface area contributed by atoms with Crippen LogP contribution in [0.25, 0.3) is 0 Å². The highest BCUT2D eigenvalue weighted by molar-refractivity contribution is 9.10. The number of rotatable bonds is 4. The van der Waals surface area contributed by atoms with Crippen LogP contribution in [0.5, 0.6) is 0 Å². The molecule has 0 aliphatic heterocycles. The zero-order chi connectivity index (χ0) is 12.4. The third-order valence-corrected chi connectivity index (χ3v) is 3.97. The lowest BCUT2D eigenvalue weighted by molar-refractivity contribution is 0.287. The Labute approximate surface area is 114 Å². The lowest BCUT2D eigenvalue weighted by Gasteiger charge is -2.36. The first-order valence-electron chi connectivity index (χ1n) is 6.14. The molecule has 0 atom stereocenters. The van der Waals surface area contributed by atoms with Gasteiger partial charge in [-0.15, -0.1) is 0 Å². The van der Waals surface area contributed by atoms with E-state index in [0.29, 0.717) is 12.0 Å². The van der Waals surface area contributed by atoms with Crippen LogP contribution in [0.3, 0.4) is 0 Å². The van der Waals surface area contributed by atoms with Crippen LogP contribution in [0.15, 0.2) is 35.1 Å². The molecule has 94 valence electrons. The molecule has 1 aromatic carbocycles. The minimum Gasteiger partial charge on any atom is -0.307 e. The highest BCUT2D eigenvalue weighted by Crippen LogP contribution is 2.37. The number of halogens is 1. The first-order valence-corrected chi connectivity index (χ1v) is 6.93. The first kappa shape index (κ1) is 11.9. The molecule has 1 aliphatic rings. The summed E-state index contributed by atoms with van der Waals surface area (Å²) in [7, 11) is 0. The van der Waals surface area contributed by atoms with Crippen molar-refractivity contribution in [2.75, 3.05) is 0 Å². The first-order chi connectivity index (χ1) is 8.81. The second-order valence-electron chi connectivity index (χ2n) is 4.73. The van der Waals surface area contributed by atoms with Crippen molar-refractivity contribution in [1.29, 1.82) is 0 Å². The molecule has 0 unspecified atom stereocenters. The van der Waals surface area contributed by atoms with Gasteiger partial charge in [0.15, 0.2) is 0 Å². The van der Waals surface area contributed by atoms with Crippen molar-refractivity contribution in [2.24, 2.45) is 0 Å². The molecule has 0 amide bonds. The van der Waals surface area contributed by atoms with Gasteiger partial charge in [-0.05, 0) is 36.5 Å². The molecule has 0 bridgehead atoms. The molecule has 1 aliphatic carbocycles. The van der Waals surface area contributed by atoms with Crippen LogP contribution in [-0.4, -0.2) is 21.2 Å². The number of hydrogen-bond acceptors (Lipinski definition) is 3. The molecule has 5 heteroatoms. The van der Waals surface area contributed by atoms with Crippen LogP contribution in [0.4, 0.5) is 0 Å². The molecule has 0 radical (unpaired) electrons. The van der Waals surface area contributed by atoms with E-state index in [1.54, 1.807) is 6.33 Å². The van der Waals surface area contributed by atoms with Gasteiger partial charge in [-0.3, -0.25) is 5.10 Å². The topological polar surface area (TPSA) is 53.6 Å². The van der Waals surface area contributed by atoms with E-state index in [4.69, 9.17) is 0 Å². The van der Waals surface area contributed by atoms with Crippen LogP contribution < -0.4 is 5.32 Å². The lowest BCUT2D eigenvalue weighted by Crippen LogP contribution is -2.39. The molecule has 4 nitrogen and oxygen atoms in total. The molecule has 0 spiro atoms. The Kier molecular flexibility index (Phi) is 3.43. The maximum absolute atomic E-state index is 4.10. The average molecular weight is 307 g/mol. The zero-order valence-electron chi connectivity index (χ0n) is 9.94. The summed E-state index contributed by atoms with van der Waals surface area (Å²) in [5.74, 6) is 1.59. The van der Waals surface area contributed by atoms with Gasteiger partial charge in [0.2, 0.25) is 0 Å². The monoisotopic (exact) mass is 306 g/mol. The van der Waals surface area contributed by atoms with Crippen molar-refractivity contribution < 1.29 is 0 Å². The van der Waals surface area contributed by atoms with Gasteiger partial charge in [-0.2, -0.15) is 5.10 Å². The van der Waals surface area contributed by atoms with Crippen molar-refractivity contribution in [1.82, 2.24) is 20.5 Å². The molecule has 1 heterocycles. The Bertz CT molecular complexity index is 505. The summed E-state index contributed by atoms with van der Waals surface area (Å²) in [6, 6.07) is 9.20. The maximum atomic E-state index is 4.10. The number of nitrogens with zero attached hydrogens (tertiary/aromatic N) is 2. The number of aromatic amines is 1. The van der Waals surface area contributed by atoms with Crippen LogP contribution in [0, 0.1) is 0 Å². The Balaban J connectivity index is 1.48. The van der Waals surface area contributed by atoms with E-state index < -0.39 is 0 Å². The van der Waals surface area contributed by atoms with Gasteiger partial charge in [-0.25, -0.2) is 4.98 Å². The fourth-order valence-electron chi connectivity index (χ4n) is 2.37. The molecule has 0 saturated heterocycles. The number of H-pyrrole nitrogens is 1.